The van der Waals surface area contributed by atoms with E-state index in [9.17, 15) is 0 Å². The number of ether oxygens (including phenoxy) is 3. The van der Waals surface area contributed by atoms with E-state index in [0.29, 0.717) is 11.5 Å². The summed E-state index contributed by atoms with van der Waals surface area (Å²) in [6.07, 6.45) is 0. The van der Waals surface area contributed by atoms with E-state index in [4.69, 9.17) is 54.4 Å². The van der Waals surface area contributed by atoms with Crippen LogP contribution in [0.4, 0.5) is 0 Å². The fourth-order valence-corrected chi connectivity index (χ4v) is 1.37. The molecule has 0 aliphatic heterocycles. The number of hydrogen-bond acceptors (Lipinski definition) is 4. The lowest BCUT2D eigenvalue weighted by Crippen LogP contribution is -2.20. The van der Waals surface area contributed by atoms with Gasteiger partial charge in [0.25, 0.3) is 3.79 Å². The first-order chi connectivity index (χ1) is 8.38. The van der Waals surface area contributed by atoms with Gasteiger partial charge < -0.3 is 14.2 Å². The van der Waals surface area contributed by atoms with E-state index in [1.165, 1.54) is 7.11 Å². The Balaban J connectivity index is 2.72. The molecule has 7 heteroatoms. The Bertz CT molecular complexity index is 432. The highest BCUT2D eigenvalue weighted by atomic mass is 35.6. The van der Waals surface area contributed by atoms with Gasteiger partial charge in [0, 0.05) is 0 Å². The van der Waals surface area contributed by atoms with Gasteiger partial charge in [-0.15, -0.1) is 0 Å². The van der Waals surface area contributed by atoms with Crippen LogP contribution in [0.25, 0.3) is 0 Å². The quantitative estimate of drug-likeness (QED) is 0.525. The molecule has 0 aromatic heterocycles. The summed E-state index contributed by atoms with van der Waals surface area (Å²) in [4.78, 5) is 0. The van der Waals surface area contributed by atoms with Gasteiger partial charge in [0.05, 0.1) is 14.2 Å². The highest BCUT2D eigenvalue weighted by Gasteiger charge is 2.28. The Morgan fingerprint density at radius 3 is 2.28 bits per heavy atom. The number of alkyl halides is 3. The molecule has 0 saturated heterocycles. The molecule has 0 bridgehead atoms. The third-order valence-electron chi connectivity index (χ3n) is 2.09. The second-order valence-electron chi connectivity index (χ2n) is 3.30. The molecule has 4 nitrogen and oxygen atoms in total. The number of benzene rings is 1. The van der Waals surface area contributed by atoms with E-state index in [1.807, 2.05) is 0 Å². The molecular weight excluding hydrogens is 300 g/mol. The van der Waals surface area contributed by atoms with Crippen LogP contribution in [0.5, 0.6) is 11.5 Å². The second kappa shape index (κ2) is 6.36. The van der Waals surface area contributed by atoms with E-state index < -0.39 is 9.69 Å². The molecule has 0 atom stereocenters. The molecule has 18 heavy (non-hydrogen) atoms. The minimum Gasteiger partial charge on any atom is -0.493 e. The highest BCUT2D eigenvalue weighted by molar-refractivity contribution is 6.76. The van der Waals surface area contributed by atoms with Crippen molar-refractivity contribution in [3.05, 3.63) is 23.8 Å². The molecule has 1 rings (SSSR count). The van der Waals surface area contributed by atoms with Gasteiger partial charge >= 0.3 is 0 Å². The molecular formula is C11H12Cl3NO3. The van der Waals surface area contributed by atoms with Crippen LogP contribution in [0.2, 0.25) is 0 Å². The van der Waals surface area contributed by atoms with Crippen molar-refractivity contribution in [2.24, 2.45) is 0 Å². The average Bonchev–Trinajstić information content (AvgIpc) is 2.34. The highest BCUT2D eigenvalue weighted by Crippen LogP contribution is 2.30. The zero-order valence-corrected chi connectivity index (χ0v) is 12.1. The van der Waals surface area contributed by atoms with Crippen molar-refractivity contribution in [3.8, 4) is 11.5 Å². The number of hydrogen-bond donors (Lipinski definition) is 1. The predicted molar refractivity (Wildman–Crippen MR) is 72.4 cm³/mol. The maximum atomic E-state index is 7.39. The molecule has 0 saturated carbocycles. The normalized spacial score (nSPS) is 10.9. The summed E-state index contributed by atoms with van der Waals surface area (Å²) in [6, 6.07) is 5.23. The van der Waals surface area contributed by atoms with E-state index in [-0.39, 0.29) is 6.61 Å². The maximum absolute atomic E-state index is 7.39. The summed E-state index contributed by atoms with van der Waals surface area (Å²) in [5.74, 6) is 0.749. The molecule has 0 aliphatic carbocycles. The number of rotatable bonds is 4. The lowest BCUT2D eigenvalue weighted by Gasteiger charge is -2.14. The van der Waals surface area contributed by atoms with E-state index in [0.717, 1.165) is 5.56 Å². The summed E-state index contributed by atoms with van der Waals surface area (Å²) in [5, 5.41) is 7.39. The zero-order chi connectivity index (χ0) is 13.8. The largest absolute Gasteiger partial charge is 0.493 e. The molecule has 0 spiro atoms. The fourth-order valence-electron chi connectivity index (χ4n) is 1.21. The standard InChI is InChI=1S/C11H12Cl3NO3/c1-16-8-4-3-7(5-9(8)17-2)6-18-10(15)11(12,13)14/h3-5,15H,6H2,1-2H3. The smallest absolute Gasteiger partial charge is 0.265 e. The molecule has 0 heterocycles. The van der Waals surface area contributed by atoms with Gasteiger partial charge in [-0.2, -0.15) is 0 Å². The first kappa shape index (κ1) is 15.2. The molecule has 0 amide bonds. The Morgan fingerprint density at radius 2 is 1.78 bits per heavy atom. The maximum Gasteiger partial charge on any atom is 0.265 e. The Labute approximate surface area is 120 Å². The number of methoxy groups -OCH3 is 2. The molecule has 1 aromatic carbocycles. The average molecular weight is 313 g/mol. The van der Waals surface area contributed by atoms with Crippen molar-refractivity contribution >= 4 is 40.7 Å². The first-order valence-electron chi connectivity index (χ1n) is 4.88. The number of nitrogens with one attached hydrogen (secondary N) is 1. The lowest BCUT2D eigenvalue weighted by molar-refractivity contribution is 0.282. The minimum absolute atomic E-state index is 0.104. The fraction of sp³-hybridized carbons (Fsp3) is 0.364. The van der Waals surface area contributed by atoms with Gasteiger partial charge in [-0.1, -0.05) is 40.9 Å². The SMILES string of the molecule is COc1ccc(COC(=N)C(Cl)(Cl)Cl)cc1OC. The van der Waals surface area contributed by atoms with Gasteiger partial charge in [-0.3, -0.25) is 5.41 Å². The van der Waals surface area contributed by atoms with E-state index >= 15 is 0 Å². The van der Waals surface area contributed by atoms with Crippen LogP contribution in [0.15, 0.2) is 18.2 Å². The summed E-state index contributed by atoms with van der Waals surface area (Å²) in [7, 11) is 3.08. The zero-order valence-electron chi connectivity index (χ0n) is 9.80. The molecule has 0 radical (unpaired) electrons. The van der Waals surface area contributed by atoms with Crippen LogP contribution in [-0.4, -0.2) is 23.9 Å². The van der Waals surface area contributed by atoms with Crippen LogP contribution >= 0.6 is 34.8 Å². The van der Waals surface area contributed by atoms with Crippen molar-refractivity contribution in [2.45, 2.75) is 10.4 Å². The third kappa shape index (κ3) is 4.12. The monoisotopic (exact) mass is 311 g/mol. The van der Waals surface area contributed by atoms with Crippen molar-refractivity contribution in [1.29, 1.82) is 5.41 Å². The van der Waals surface area contributed by atoms with Crippen molar-refractivity contribution < 1.29 is 14.2 Å². The summed E-state index contributed by atoms with van der Waals surface area (Å²) in [5.41, 5.74) is 0.770. The van der Waals surface area contributed by atoms with Crippen LogP contribution in [0.1, 0.15) is 5.56 Å². The molecule has 1 N–H and O–H groups in total. The molecule has 0 aliphatic rings. The van der Waals surface area contributed by atoms with Gasteiger partial charge in [0.2, 0.25) is 5.90 Å². The molecule has 0 fully saturated rings. The minimum atomic E-state index is -1.85. The van der Waals surface area contributed by atoms with Crippen LogP contribution in [0, 0.1) is 5.41 Å². The van der Waals surface area contributed by atoms with E-state index in [1.54, 1.807) is 25.3 Å². The number of halogens is 3. The topological polar surface area (TPSA) is 51.5 Å². The Kier molecular flexibility index (Phi) is 5.38. The Hall–Kier alpha value is -0.840. The summed E-state index contributed by atoms with van der Waals surface area (Å²) < 4.78 is 13.4. The van der Waals surface area contributed by atoms with Gasteiger partial charge in [0.1, 0.15) is 6.61 Å². The summed E-state index contributed by atoms with van der Waals surface area (Å²) >= 11 is 16.5. The van der Waals surface area contributed by atoms with Crippen LogP contribution in [-0.2, 0) is 11.3 Å². The Morgan fingerprint density at radius 1 is 1.17 bits per heavy atom. The van der Waals surface area contributed by atoms with E-state index in [2.05, 4.69) is 0 Å². The third-order valence-corrected chi connectivity index (χ3v) is 2.60. The van der Waals surface area contributed by atoms with Gasteiger partial charge in [-0.25, -0.2) is 0 Å². The predicted octanol–water partition coefficient (Wildman–Crippen LogP) is 3.57. The first-order valence-corrected chi connectivity index (χ1v) is 6.01. The summed E-state index contributed by atoms with van der Waals surface area (Å²) in [6.45, 7) is 0.104. The molecule has 100 valence electrons. The van der Waals surface area contributed by atoms with Crippen molar-refractivity contribution in [2.75, 3.05) is 14.2 Å². The molecule has 1 aromatic rings. The van der Waals surface area contributed by atoms with Crippen molar-refractivity contribution in [1.82, 2.24) is 0 Å². The lowest BCUT2D eigenvalue weighted by atomic mass is 10.2. The van der Waals surface area contributed by atoms with Crippen LogP contribution < -0.4 is 9.47 Å². The van der Waals surface area contributed by atoms with Gasteiger partial charge in [-0.05, 0) is 17.7 Å². The molecule has 0 unspecified atom stereocenters. The van der Waals surface area contributed by atoms with Gasteiger partial charge in [0.15, 0.2) is 11.5 Å². The van der Waals surface area contributed by atoms with Crippen LogP contribution in [0.3, 0.4) is 0 Å². The van der Waals surface area contributed by atoms with Crippen molar-refractivity contribution in [3.63, 3.8) is 0 Å². The second-order valence-corrected chi connectivity index (χ2v) is 5.59.